The number of hydrogen-bond donors (Lipinski definition) is 0. The molecule has 1 spiro atoms. The van der Waals surface area contributed by atoms with Crippen molar-refractivity contribution < 1.29 is 9.47 Å². The lowest BCUT2D eigenvalue weighted by atomic mass is 9.77. The molecule has 3 aliphatic rings. The molecule has 0 N–H and O–H groups in total. The average molecular weight is 344 g/mol. The van der Waals surface area contributed by atoms with Gasteiger partial charge >= 0.3 is 0 Å². The van der Waals surface area contributed by atoms with E-state index in [2.05, 4.69) is 34.1 Å². The molecule has 4 nitrogen and oxygen atoms in total. The maximum atomic E-state index is 5.60. The van der Waals surface area contributed by atoms with Crippen molar-refractivity contribution in [3.63, 3.8) is 0 Å². The SMILES string of the molecule is COC[C@@H]1CN(CC2CC2)C[C@]12CCN(Cc1ccc(OC)cc1)C2. The highest BCUT2D eigenvalue weighted by Gasteiger charge is 2.50. The van der Waals surface area contributed by atoms with E-state index in [-0.39, 0.29) is 0 Å². The van der Waals surface area contributed by atoms with Crippen molar-refractivity contribution in [2.45, 2.75) is 25.8 Å². The smallest absolute Gasteiger partial charge is 0.118 e. The molecule has 2 saturated heterocycles. The summed E-state index contributed by atoms with van der Waals surface area (Å²) < 4.78 is 10.9. The highest BCUT2D eigenvalue weighted by atomic mass is 16.5. The Kier molecular flexibility index (Phi) is 5.03. The predicted molar refractivity (Wildman–Crippen MR) is 99.9 cm³/mol. The Morgan fingerprint density at radius 1 is 1.08 bits per heavy atom. The standard InChI is InChI=1S/C21H32N2O2/c1-24-14-19-13-23(12-17-3-4-17)16-21(19)9-10-22(15-21)11-18-5-7-20(25-2)8-6-18/h5-8,17,19H,3-4,9-16H2,1-2H3/t19-,21+/m0/s1. The van der Waals surface area contributed by atoms with E-state index in [1.807, 2.05) is 7.11 Å². The summed E-state index contributed by atoms with van der Waals surface area (Å²) in [5.41, 5.74) is 1.83. The number of hydrogen-bond acceptors (Lipinski definition) is 4. The lowest BCUT2D eigenvalue weighted by Crippen LogP contribution is -2.36. The van der Waals surface area contributed by atoms with Gasteiger partial charge in [0.25, 0.3) is 0 Å². The van der Waals surface area contributed by atoms with E-state index in [1.54, 1.807) is 7.11 Å². The zero-order valence-electron chi connectivity index (χ0n) is 15.7. The topological polar surface area (TPSA) is 24.9 Å². The number of nitrogens with zero attached hydrogens (tertiary/aromatic N) is 2. The molecule has 1 aromatic rings. The van der Waals surface area contributed by atoms with Crippen molar-refractivity contribution in [1.82, 2.24) is 9.80 Å². The largest absolute Gasteiger partial charge is 0.497 e. The Balaban J connectivity index is 1.39. The minimum absolute atomic E-state index is 0.442. The van der Waals surface area contributed by atoms with Crippen LogP contribution in [0.15, 0.2) is 24.3 Å². The third-order valence-electron chi connectivity index (χ3n) is 6.49. The summed E-state index contributed by atoms with van der Waals surface area (Å²) in [6, 6.07) is 8.54. The molecule has 0 bridgehead atoms. The summed E-state index contributed by atoms with van der Waals surface area (Å²) in [6.07, 6.45) is 4.21. The first-order valence-electron chi connectivity index (χ1n) is 9.77. The molecule has 2 aliphatic heterocycles. The van der Waals surface area contributed by atoms with Crippen molar-refractivity contribution in [3.05, 3.63) is 29.8 Å². The van der Waals surface area contributed by atoms with E-state index >= 15 is 0 Å². The third-order valence-corrected chi connectivity index (χ3v) is 6.49. The van der Waals surface area contributed by atoms with Gasteiger partial charge in [0.05, 0.1) is 13.7 Å². The Hall–Kier alpha value is -1.10. The van der Waals surface area contributed by atoms with Gasteiger partial charge in [0, 0.05) is 51.2 Å². The number of ether oxygens (including phenoxy) is 2. The van der Waals surface area contributed by atoms with Gasteiger partial charge in [0.2, 0.25) is 0 Å². The van der Waals surface area contributed by atoms with Gasteiger partial charge < -0.3 is 14.4 Å². The second-order valence-electron chi connectivity index (χ2n) is 8.46. The molecule has 1 aliphatic carbocycles. The lowest BCUT2D eigenvalue weighted by molar-refractivity contribution is 0.0959. The van der Waals surface area contributed by atoms with Crippen molar-refractivity contribution in [2.75, 3.05) is 53.6 Å². The summed E-state index contributed by atoms with van der Waals surface area (Å²) in [6.45, 7) is 8.22. The number of likely N-dealkylation sites (tertiary alicyclic amines) is 2. The highest BCUT2D eigenvalue weighted by molar-refractivity contribution is 5.27. The minimum Gasteiger partial charge on any atom is -0.497 e. The molecule has 0 radical (unpaired) electrons. The van der Waals surface area contributed by atoms with Crippen LogP contribution in [0.1, 0.15) is 24.8 Å². The van der Waals surface area contributed by atoms with E-state index < -0.39 is 0 Å². The predicted octanol–water partition coefficient (Wildman–Crippen LogP) is 2.88. The number of rotatable bonds is 7. The van der Waals surface area contributed by atoms with Crippen molar-refractivity contribution >= 4 is 0 Å². The quantitative estimate of drug-likeness (QED) is 0.759. The van der Waals surface area contributed by atoms with Crippen molar-refractivity contribution in [3.8, 4) is 5.75 Å². The summed E-state index contributed by atoms with van der Waals surface area (Å²) in [4.78, 5) is 5.38. The van der Waals surface area contributed by atoms with Crippen molar-refractivity contribution in [2.24, 2.45) is 17.3 Å². The number of methoxy groups -OCH3 is 2. The van der Waals surface area contributed by atoms with Gasteiger partial charge in [-0.2, -0.15) is 0 Å². The second-order valence-corrected chi connectivity index (χ2v) is 8.46. The Morgan fingerprint density at radius 3 is 2.52 bits per heavy atom. The summed E-state index contributed by atoms with van der Waals surface area (Å²) >= 11 is 0. The Labute approximate surface area is 152 Å². The molecule has 4 heteroatoms. The molecule has 0 aromatic heterocycles. The van der Waals surface area contributed by atoms with Crippen LogP contribution >= 0.6 is 0 Å². The van der Waals surface area contributed by atoms with Gasteiger partial charge in [-0.15, -0.1) is 0 Å². The molecule has 0 amide bonds. The van der Waals surface area contributed by atoms with E-state index in [0.717, 1.165) is 24.8 Å². The highest BCUT2D eigenvalue weighted by Crippen LogP contribution is 2.45. The molecular formula is C21H32N2O2. The minimum atomic E-state index is 0.442. The molecule has 1 saturated carbocycles. The fourth-order valence-corrected chi connectivity index (χ4v) is 4.95. The van der Waals surface area contributed by atoms with Crippen LogP contribution in [0, 0.1) is 17.3 Å². The van der Waals surface area contributed by atoms with E-state index in [9.17, 15) is 0 Å². The summed E-state index contributed by atoms with van der Waals surface area (Å²) in [5, 5.41) is 0. The monoisotopic (exact) mass is 344 g/mol. The maximum absolute atomic E-state index is 5.60. The molecule has 138 valence electrons. The van der Waals surface area contributed by atoms with Crippen LogP contribution in [0.5, 0.6) is 5.75 Å². The van der Waals surface area contributed by atoms with E-state index in [4.69, 9.17) is 9.47 Å². The van der Waals surface area contributed by atoms with Crippen LogP contribution in [0.25, 0.3) is 0 Å². The van der Waals surface area contributed by atoms with Gasteiger partial charge in [0.15, 0.2) is 0 Å². The van der Waals surface area contributed by atoms with Crippen LogP contribution in [0.3, 0.4) is 0 Å². The fourth-order valence-electron chi connectivity index (χ4n) is 4.95. The first-order valence-corrected chi connectivity index (χ1v) is 9.77. The second kappa shape index (κ2) is 7.26. The number of benzene rings is 1. The fraction of sp³-hybridized carbons (Fsp3) is 0.714. The molecule has 4 rings (SSSR count). The van der Waals surface area contributed by atoms with Crippen LogP contribution in [-0.2, 0) is 11.3 Å². The zero-order valence-corrected chi connectivity index (χ0v) is 15.7. The Morgan fingerprint density at radius 2 is 1.84 bits per heavy atom. The molecule has 25 heavy (non-hydrogen) atoms. The lowest BCUT2D eigenvalue weighted by Gasteiger charge is -2.30. The van der Waals surface area contributed by atoms with Gasteiger partial charge in [0.1, 0.15) is 5.75 Å². The van der Waals surface area contributed by atoms with Gasteiger partial charge in [-0.25, -0.2) is 0 Å². The van der Waals surface area contributed by atoms with E-state index in [0.29, 0.717) is 11.3 Å². The third kappa shape index (κ3) is 3.86. The summed E-state index contributed by atoms with van der Waals surface area (Å²) in [7, 11) is 3.59. The van der Waals surface area contributed by atoms with Crippen LogP contribution < -0.4 is 4.74 Å². The van der Waals surface area contributed by atoms with Crippen molar-refractivity contribution in [1.29, 1.82) is 0 Å². The van der Waals surface area contributed by atoms with Gasteiger partial charge in [-0.3, -0.25) is 4.90 Å². The van der Waals surface area contributed by atoms with Gasteiger partial charge in [-0.1, -0.05) is 12.1 Å². The Bertz CT molecular complexity index is 572. The van der Waals surface area contributed by atoms with E-state index in [1.165, 1.54) is 57.5 Å². The van der Waals surface area contributed by atoms with Gasteiger partial charge in [-0.05, 0) is 49.4 Å². The van der Waals surface area contributed by atoms with Crippen LogP contribution in [-0.4, -0.2) is 63.4 Å². The normalized spacial score (nSPS) is 30.4. The summed E-state index contributed by atoms with van der Waals surface area (Å²) in [5.74, 6) is 2.61. The molecular weight excluding hydrogens is 312 g/mol. The maximum Gasteiger partial charge on any atom is 0.118 e. The molecule has 0 unspecified atom stereocenters. The molecule has 2 heterocycles. The molecule has 3 fully saturated rings. The zero-order chi connectivity index (χ0) is 17.3. The first-order chi connectivity index (χ1) is 12.2. The average Bonchev–Trinajstić information content (AvgIpc) is 3.25. The van der Waals surface area contributed by atoms with Crippen LogP contribution in [0.2, 0.25) is 0 Å². The molecule has 2 atom stereocenters. The first kappa shape index (κ1) is 17.3. The molecule has 1 aromatic carbocycles. The van der Waals surface area contributed by atoms with Crippen LogP contribution in [0.4, 0.5) is 0 Å².